The zero-order chi connectivity index (χ0) is 17.2. The molecule has 2 heterocycles. The molecule has 3 N–H and O–H groups in total. The standard InChI is InChI=1S/C18H16FN5O/c19-14-4-1-12(2-5-14)11-24-8-7-17(23-24)20-10-13-3-6-15-16(9-13)22-18(25)21-15/h1-9H,10-11H2,(H,20,23)(H2,21,22,25). The maximum Gasteiger partial charge on any atom is 0.323 e. The summed E-state index contributed by atoms with van der Waals surface area (Å²) in [7, 11) is 0. The highest BCUT2D eigenvalue weighted by molar-refractivity contribution is 5.75. The van der Waals surface area contributed by atoms with E-state index in [1.807, 2.05) is 30.5 Å². The Bertz CT molecular complexity index is 1060. The van der Waals surface area contributed by atoms with E-state index in [4.69, 9.17) is 0 Å². The van der Waals surface area contributed by atoms with Crippen LogP contribution in [0.3, 0.4) is 0 Å². The maximum absolute atomic E-state index is 12.9. The largest absolute Gasteiger partial charge is 0.365 e. The molecule has 0 radical (unpaired) electrons. The number of imidazole rings is 1. The first-order valence-electron chi connectivity index (χ1n) is 7.88. The van der Waals surface area contributed by atoms with Gasteiger partial charge in [0.25, 0.3) is 0 Å². The van der Waals surface area contributed by atoms with Crippen molar-refractivity contribution in [1.29, 1.82) is 0 Å². The predicted octanol–water partition coefficient (Wildman–Crippen LogP) is 2.85. The maximum atomic E-state index is 12.9. The van der Waals surface area contributed by atoms with Gasteiger partial charge in [0, 0.05) is 18.8 Å². The Hall–Kier alpha value is -3.35. The fraction of sp³-hybridized carbons (Fsp3) is 0.111. The summed E-state index contributed by atoms with van der Waals surface area (Å²) < 4.78 is 14.7. The normalized spacial score (nSPS) is 11.1. The molecule has 0 amide bonds. The second kappa shape index (κ2) is 6.27. The van der Waals surface area contributed by atoms with Crippen molar-refractivity contribution in [2.45, 2.75) is 13.1 Å². The number of hydrogen-bond acceptors (Lipinski definition) is 3. The summed E-state index contributed by atoms with van der Waals surface area (Å²) in [6.45, 7) is 1.18. The van der Waals surface area contributed by atoms with Crippen LogP contribution in [-0.4, -0.2) is 19.7 Å². The monoisotopic (exact) mass is 337 g/mol. The van der Waals surface area contributed by atoms with Crippen molar-refractivity contribution in [3.63, 3.8) is 0 Å². The molecule has 2 aromatic heterocycles. The molecule has 0 fully saturated rings. The molecule has 25 heavy (non-hydrogen) atoms. The van der Waals surface area contributed by atoms with Crippen molar-refractivity contribution in [2.24, 2.45) is 0 Å². The van der Waals surface area contributed by atoms with Crippen molar-refractivity contribution in [2.75, 3.05) is 5.32 Å². The lowest BCUT2D eigenvalue weighted by molar-refractivity contribution is 0.624. The van der Waals surface area contributed by atoms with Crippen LogP contribution in [0.2, 0.25) is 0 Å². The predicted molar refractivity (Wildman–Crippen MR) is 94.0 cm³/mol. The molecule has 0 aliphatic carbocycles. The molecule has 6 nitrogen and oxygen atoms in total. The van der Waals surface area contributed by atoms with E-state index in [-0.39, 0.29) is 11.5 Å². The highest BCUT2D eigenvalue weighted by atomic mass is 19.1. The van der Waals surface area contributed by atoms with Gasteiger partial charge in [0.15, 0.2) is 0 Å². The molecule has 7 heteroatoms. The quantitative estimate of drug-likeness (QED) is 0.524. The molecule has 0 spiro atoms. The number of aromatic amines is 2. The van der Waals surface area contributed by atoms with Crippen LogP contribution in [0.1, 0.15) is 11.1 Å². The van der Waals surface area contributed by atoms with E-state index in [2.05, 4.69) is 20.4 Å². The summed E-state index contributed by atoms with van der Waals surface area (Å²) in [5.41, 5.74) is 3.39. The lowest BCUT2D eigenvalue weighted by atomic mass is 10.2. The number of anilines is 1. The zero-order valence-corrected chi connectivity index (χ0v) is 13.3. The molecule has 0 saturated carbocycles. The minimum Gasteiger partial charge on any atom is -0.365 e. The number of nitrogens with one attached hydrogen (secondary N) is 3. The van der Waals surface area contributed by atoms with Gasteiger partial charge in [-0.2, -0.15) is 5.10 Å². The Balaban J connectivity index is 1.41. The summed E-state index contributed by atoms with van der Waals surface area (Å²) in [4.78, 5) is 16.8. The number of H-pyrrole nitrogens is 2. The Morgan fingerprint density at radius 1 is 1.00 bits per heavy atom. The molecule has 0 unspecified atom stereocenters. The van der Waals surface area contributed by atoms with Crippen molar-refractivity contribution in [3.05, 3.63) is 82.2 Å². The van der Waals surface area contributed by atoms with Gasteiger partial charge in [-0.15, -0.1) is 0 Å². The smallest absolute Gasteiger partial charge is 0.323 e. The van der Waals surface area contributed by atoms with E-state index < -0.39 is 0 Å². The van der Waals surface area contributed by atoms with Gasteiger partial charge in [0.05, 0.1) is 17.6 Å². The second-order valence-electron chi connectivity index (χ2n) is 5.84. The van der Waals surface area contributed by atoms with Crippen LogP contribution in [-0.2, 0) is 13.1 Å². The van der Waals surface area contributed by atoms with Crippen molar-refractivity contribution >= 4 is 16.9 Å². The number of rotatable bonds is 5. The molecule has 4 aromatic rings. The number of aromatic nitrogens is 4. The van der Waals surface area contributed by atoms with Crippen LogP contribution in [0.15, 0.2) is 59.5 Å². The van der Waals surface area contributed by atoms with Crippen LogP contribution < -0.4 is 11.0 Å². The molecule has 0 saturated heterocycles. The fourth-order valence-corrected chi connectivity index (χ4v) is 2.70. The SMILES string of the molecule is O=c1[nH]c2ccc(CNc3ccn(Cc4ccc(F)cc4)n3)cc2[nH]1. The zero-order valence-electron chi connectivity index (χ0n) is 13.3. The van der Waals surface area contributed by atoms with Crippen LogP contribution in [0.25, 0.3) is 11.0 Å². The van der Waals surface area contributed by atoms with Gasteiger partial charge in [-0.05, 0) is 35.4 Å². The summed E-state index contributed by atoms with van der Waals surface area (Å²) >= 11 is 0. The molecule has 0 atom stereocenters. The lowest BCUT2D eigenvalue weighted by Gasteiger charge is -2.04. The fourth-order valence-electron chi connectivity index (χ4n) is 2.70. The van der Waals surface area contributed by atoms with E-state index in [9.17, 15) is 9.18 Å². The topological polar surface area (TPSA) is 78.5 Å². The van der Waals surface area contributed by atoms with Gasteiger partial charge in [-0.3, -0.25) is 4.68 Å². The van der Waals surface area contributed by atoms with Gasteiger partial charge in [-0.25, -0.2) is 9.18 Å². The second-order valence-corrected chi connectivity index (χ2v) is 5.84. The van der Waals surface area contributed by atoms with E-state index in [0.717, 1.165) is 28.0 Å². The Morgan fingerprint density at radius 3 is 2.60 bits per heavy atom. The van der Waals surface area contributed by atoms with Gasteiger partial charge in [-0.1, -0.05) is 18.2 Å². The molecular formula is C18H16FN5O. The first-order valence-corrected chi connectivity index (χ1v) is 7.88. The minimum atomic E-state index is -0.243. The van der Waals surface area contributed by atoms with Gasteiger partial charge in [0.1, 0.15) is 11.6 Å². The summed E-state index contributed by atoms with van der Waals surface area (Å²) in [6.07, 6.45) is 1.87. The molecule has 0 bridgehead atoms. The highest BCUT2D eigenvalue weighted by Crippen LogP contribution is 2.13. The average molecular weight is 337 g/mol. The third-order valence-electron chi connectivity index (χ3n) is 3.95. The van der Waals surface area contributed by atoms with Crippen LogP contribution in [0.5, 0.6) is 0 Å². The number of fused-ring (bicyclic) bond motifs is 1. The van der Waals surface area contributed by atoms with Gasteiger partial charge >= 0.3 is 5.69 Å². The van der Waals surface area contributed by atoms with Gasteiger partial charge in [0.2, 0.25) is 0 Å². The first-order chi connectivity index (χ1) is 12.2. The van der Waals surface area contributed by atoms with Crippen molar-refractivity contribution in [1.82, 2.24) is 19.7 Å². The summed E-state index contributed by atoms with van der Waals surface area (Å²) in [5, 5.41) is 7.71. The summed E-state index contributed by atoms with van der Waals surface area (Å²) in [5.74, 6) is 0.511. The molecule has 126 valence electrons. The Kier molecular flexibility index (Phi) is 3.81. The molecule has 0 aliphatic heterocycles. The van der Waals surface area contributed by atoms with Gasteiger partial charge < -0.3 is 15.3 Å². The van der Waals surface area contributed by atoms with Crippen LogP contribution in [0.4, 0.5) is 10.2 Å². The molecule has 4 rings (SSSR count). The number of nitrogens with zero attached hydrogens (tertiary/aromatic N) is 2. The van der Waals surface area contributed by atoms with Crippen LogP contribution >= 0.6 is 0 Å². The van der Waals surface area contributed by atoms with E-state index in [0.29, 0.717) is 13.1 Å². The molecular weight excluding hydrogens is 321 g/mol. The highest BCUT2D eigenvalue weighted by Gasteiger charge is 2.03. The Morgan fingerprint density at radius 2 is 1.76 bits per heavy atom. The molecule has 0 aliphatic rings. The average Bonchev–Trinajstić information content (AvgIpc) is 3.20. The molecule has 2 aromatic carbocycles. The van der Waals surface area contributed by atoms with Crippen molar-refractivity contribution in [3.8, 4) is 0 Å². The first kappa shape index (κ1) is 15.2. The summed E-state index contributed by atoms with van der Waals surface area (Å²) in [6, 6.07) is 14.0. The van der Waals surface area contributed by atoms with E-state index in [1.165, 1.54) is 12.1 Å². The lowest BCUT2D eigenvalue weighted by Crippen LogP contribution is -2.03. The number of hydrogen-bond donors (Lipinski definition) is 3. The minimum absolute atomic E-state index is 0.209. The third-order valence-corrected chi connectivity index (χ3v) is 3.95. The number of benzene rings is 2. The van der Waals surface area contributed by atoms with E-state index >= 15 is 0 Å². The third kappa shape index (κ3) is 3.45. The number of halogens is 1. The van der Waals surface area contributed by atoms with Crippen LogP contribution in [0, 0.1) is 5.82 Å². The Labute approximate surface area is 142 Å². The van der Waals surface area contributed by atoms with Crippen molar-refractivity contribution < 1.29 is 4.39 Å². The van der Waals surface area contributed by atoms with E-state index in [1.54, 1.807) is 16.8 Å².